The summed E-state index contributed by atoms with van der Waals surface area (Å²) in [6.07, 6.45) is 9.95. The van der Waals surface area contributed by atoms with Crippen molar-refractivity contribution in [2.45, 2.75) is 123 Å². The van der Waals surface area contributed by atoms with E-state index < -0.39 is 30.1 Å². The van der Waals surface area contributed by atoms with Crippen LogP contribution in [-0.4, -0.2) is 39.0 Å². The Morgan fingerprint density at radius 3 is 2.38 bits per heavy atom. The van der Waals surface area contributed by atoms with Crippen LogP contribution in [0.2, 0.25) is 0 Å². The lowest BCUT2D eigenvalue weighted by Gasteiger charge is -2.65. The highest BCUT2D eigenvalue weighted by atomic mass is 16.4. The third-order valence-corrected chi connectivity index (χ3v) is 11.8. The Bertz CT molecular complexity index is 752. The molecule has 0 radical (unpaired) electrons. The van der Waals surface area contributed by atoms with Gasteiger partial charge in [0.05, 0.1) is 12.5 Å². The number of fused-ring (bicyclic) bond motifs is 5. The number of rotatable bonds is 7. The summed E-state index contributed by atoms with van der Waals surface area (Å²) in [5.74, 6) is 3.30. The van der Waals surface area contributed by atoms with Gasteiger partial charge in [-0.3, -0.25) is 4.79 Å². The van der Waals surface area contributed by atoms with Crippen LogP contribution in [-0.2, 0) is 4.79 Å². The fraction of sp³-hybridized carbons (Fsp3) is 0.966. The van der Waals surface area contributed by atoms with E-state index in [0.717, 1.165) is 42.9 Å². The van der Waals surface area contributed by atoms with Crippen LogP contribution in [0.1, 0.15) is 105 Å². The molecule has 11 atom stereocenters. The van der Waals surface area contributed by atoms with Gasteiger partial charge in [-0.15, -0.1) is 0 Å². The molecule has 5 heteroatoms. The highest BCUT2D eigenvalue weighted by Gasteiger charge is 2.65. The number of carboxylic acids is 1. The summed E-state index contributed by atoms with van der Waals surface area (Å²) in [5, 5.41) is 31.5. The maximum Gasteiger partial charge on any atom is 0.306 e. The van der Waals surface area contributed by atoms with Crippen molar-refractivity contribution in [1.82, 2.24) is 0 Å². The predicted molar refractivity (Wildman–Crippen MR) is 135 cm³/mol. The second-order valence-electron chi connectivity index (χ2n) is 13.9. The summed E-state index contributed by atoms with van der Waals surface area (Å²) in [6, 6.07) is -0.583. The lowest BCUT2D eigenvalue weighted by Crippen LogP contribution is -2.70. The Morgan fingerprint density at radius 1 is 1.03 bits per heavy atom. The van der Waals surface area contributed by atoms with Gasteiger partial charge in [0.25, 0.3) is 0 Å². The SMILES string of the molecule is CC(C)CCC[C@@H](C)[C@H]1CC[C@H]2[C@@H]3CCC4CC(O)(CC(=O)O)C(O)C(N)[C@]4(C)[C@H]3CC[C@]12C. The number of hydrogen-bond donors (Lipinski definition) is 4. The Balaban J connectivity index is 1.52. The molecule has 4 aliphatic rings. The van der Waals surface area contributed by atoms with Gasteiger partial charge in [0, 0.05) is 6.04 Å². The van der Waals surface area contributed by atoms with Crippen LogP contribution in [0.3, 0.4) is 0 Å². The molecule has 0 amide bonds. The van der Waals surface area contributed by atoms with Crippen LogP contribution in [0.25, 0.3) is 0 Å². The van der Waals surface area contributed by atoms with E-state index in [0.29, 0.717) is 23.7 Å². The largest absolute Gasteiger partial charge is 0.481 e. The second kappa shape index (κ2) is 9.34. The van der Waals surface area contributed by atoms with Crippen LogP contribution in [0, 0.1) is 52.3 Å². The molecule has 196 valence electrons. The molecule has 0 heterocycles. The highest BCUT2D eigenvalue weighted by Crippen LogP contribution is 2.68. The fourth-order valence-corrected chi connectivity index (χ4v) is 10.00. The van der Waals surface area contributed by atoms with Crippen molar-refractivity contribution in [2.75, 3.05) is 0 Å². The van der Waals surface area contributed by atoms with Gasteiger partial charge in [-0.2, -0.15) is 0 Å². The van der Waals surface area contributed by atoms with E-state index in [4.69, 9.17) is 5.73 Å². The van der Waals surface area contributed by atoms with Crippen LogP contribution in [0.4, 0.5) is 0 Å². The Labute approximate surface area is 207 Å². The van der Waals surface area contributed by atoms with Crippen molar-refractivity contribution in [1.29, 1.82) is 0 Å². The van der Waals surface area contributed by atoms with Crippen molar-refractivity contribution >= 4 is 5.97 Å². The van der Waals surface area contributed by atoms with E-state index in [9.17, 15) is 20.1 Å². The van der Waals surface area contributed by atoms with Gasteiger partial charge in [0.2, 0.25) is 0 Å². The number of nitrogens with two attached hydrogens (primary N) is 1. The smallest absolute Gasteiger partial charge is 0.306 e. The van der Waals surface area contributed by atoms with E-state index >= 15 is 0 Å². The first-order chi connectivity index (χ1) is 15.8. The van der Waals surface area contributed by atoms with Crippen LogP contribution < -0.4 is 5.73 Å². The van der Waals surface area contributed by atoms with E-state index in [1.807, 2.05) is 0 Å². The Morgan fingerprint density at radius 2 is 1.74 bits per heavy atom. The average molecular weight is 478 g/mol. The second-order valence-corrected chi connectivity index (χ2v) is 13.9. The van der Waals surface area contributed by atoms with Crippen molar-refractivity contribution in [3.8, 4) is 0 Å². The zero-order chi connectivity index (χ0) is 25.1. The van der Waals surface area contributed by atoms with Gasteiger partial charge in [-0.25, -0.2) is 0 Å². The van der Waals surface area contributed by atoms with E-state index in [-0.39, 0.29) is 11.3 Å². The van der Waals surface area contributed by atoms with Crippen LogP contribution in [0.5, 0.6) is 0 Å². The lowest BCUT2D eigenvalue weighted by molar-refractivity contribution is -0.212. The number of carboxylic acid groups (broad SMARTS) is 1. The molecule has 5 nitrogen and oxygen atoms in total. The summed E-state index contributed by atoms with van der Waals surface area (Å²) < 4.78 is 0. The van der Waals surface area contributed by atoms with Gasteiger partial charge in [-0.05, 0) is 97.2 Å². The quantitative estimate of drug-likeness (QED) is 0.402. The van der Waals surface area contributed by atoms with Gasteiger partial charge >= 0.3 is 5.97 Å². The third kappa shape index (κ3) is 4.16. The van der Waals surface area contributed by atoms with Gasteiger partial charge in [0.15, 0.2) is 0 Å². The fourth-order valence-electron chi connectivity index (χ4n) is 10.00. The topological polar surface area (TPSA) is 104 Å². The summed E-state index contributed by atoms with van der Waals surface area (Å²) in [4.78, 5) is 11.4. The Kier molecular flexibility index (Phi) is 7.25. The molecule has 0 aromatic rings. The minimum Gasteiger partial charge on any atom is -0.481 e. The van der Waals surface area contributed by atoms with E-state index in [1.54, 1.807) is 0 Å². The Hall–Kier alpha value is -0.650. The minimum atomic E-state index is -1.62. The first-order valence-corrected chi connectivity index (χ1v) is 14.2. The zero-order valence-electron chi connectivity index (χ0n) is 22.3. The maximum atomic E-state index is 11.4. The molecule has 4 aliphatic carbocycles. The predicted octanol–water partition coefficient (Wildman–Crippen LogP) is 5.22. The maximum absolute atomic E-state index is 11.4. The first-order valence-electron chi connectivity index (χ1n) is 14.2. The molecule has 0 saturated heterocycles. The molecule has 0 aliphatic heterocycles. The number of aliphatic carboxylic acids is 1. The normalized spacial score (nSPS) is 49.3. The molecule has 4 unspecified atom stereocenters. The molecule has 4 saturated carbocycles. The van der Waals surface area contributed by atoms with Crippen molar-refractivity contribution < 1.29 is 20.1 Å². The van der Waals surface area contributed by atoms with Gasteiger partial charge in [0.1, 0.15) is 5.60 Å². The number of carbonyl (C=O) groups is 1. The number of aliphatic hydroxyl groups is 2. The van der Waals surface area contributed by atoms with Crippen molar-refractivity contribution in [3.63, 3.8) is 0 Å². The van der Waals surface area contributed by atoms with Crippen molar-refractivity contribution in [2.24, 2.45) is 58.0 Å². The van der Waals surface area contributed by atoms with Crippen molar-refractivity contribution in [3.05, 3.63) is 0 Å². The number of hydrogen-bond acceptors (Lipinski definition) is 4. The van der Waals surface area contributed by atoms with E-state index in [1.165, 1.54) is 38.5 Å². The standard InChI is InChI=1S/C29H51NO4/c1-17(2)7-6-8-18(3)21-11-12-22-20-10-9-19-15-29(34,16-24(31)32)26(33)25(30)28(19,5)23(20)13-14-27(21,22)4/h17-23,25-26,33-34H,6-16,30H2,1-5H3,(H,31,32)/t18-,19?,20+,21-,22+,23+,25?,26?,27-,28+,29?/m1/s1. The minimum absolute atomic E-state index is 0.174. The molecule has 4 fully saturated rings. The number of aliphatic hydroxyl groups excluding tert-OH is 1. The monoisotopic (exact) mass is 477 g/mol. The van der Waals surface area contributed by atoms with Crippen LogP contribution >= 0.6 is 0 Å². The third-order valence-electron chi connectivity index (χ3n) is 11.8. The van der Waals surface area contributed by atoms with Crippen LogP contribution in [0.15, 0.2) is 0 Å². The summed E-state index contributed by atoms with van der Waals surface area (Å²) >= 11 is 0. The summed E-state index contributed by atoms with van der Waals surface area (Å²) in [7, 11) is 0. The molecule has 0 aromatic carbocycles. The highest BCUT2D eigenvalue weighted by molar-refractivity contribution is 5.68. The van der Waals surface area contributed by atoms with Gasteiger partial charge < -0.3 is 21.1 Å². The van der Waals surface area contributed by atoms with Gasteiger partial charge in [-0.1, -0.05) is 53.9 Å². The lowest BCUT2D eigenvalue weighted by atomic mass is 9.42. The molecule has 0 bridgehead atoms. The molecule has 0 aromatic heterocycles. The first kappa shape index (κ1) is 26.4. The molecule has 0 spiro atoms. The summed E-state index contributed by atoms with van der Waals surface area (Å²) in [6.45, 7) is 12.0. The van der Waals surface area contributed by atoms with E-state index in [2.05, 4.69) is 34.6 Å². The average Bonchev–Trinajstić information content (AvgIpc) is 3.10. The molecule has 34 heavy (non-hydrogen) atoms. The molecular weight excluding hydrogens is 426 g/mol. The molecular formula is C29H51NO4. The zero-order valence-corrected chi connectivity index (χ0v) is 22.3. The molecule has 5 N–H and O–H groups in total. The summed E-state index contributed by atoms with van der Waals surface area (Å²) in [5.41, 5.74) is 5.30. The molecule has 4 rings (SSSR count).